The first-order valence-corrected chi connectivity index (χ1v) is 10.0. The predicted molar refractivity (Wildman–Crippen MR) is 105 cm³/mol. The monoisotopic (exact) mass is 391 g/mol. The highest BCUT2D eigenvalue weighted by Crippen LogP contribution is 2.27. The SMILES string of the molecule is Cc1ncsc1C(=O)Nc1ccc(C(=O)N(C)C2CCCCC2)c(Cl)c1. The third kappa shape index (κ3) is 4.07. The molecule has 1 aromatic carbocycles. The zero-order chi connectivity index (χ0) is 18.7. The molecule has 2 amide bonds. The molecule has 5 nitrogen and oxygen atoms in total. The molecule has 0 aliphatic heterocycles. The second-order valence-electron chi connectivity index (χ2n) is 6.62. The Labute approximate surface area is 162 Å². The molecule has 1 heterocycles. The van der Waals surface area contributed by atoms with Gasteiger partial charge in [0, 0.05) is 18.8 Å². The van der Waals surface area contributed by atoms with Gasteiger partial charge in [-0.05, 0) is 38.0 Å². The molecule has 1 saturated carbocycles. The minimum Gasteiger partial charge on any atom is -0.339 e. The normalized spacial score (nSPS) is 14.9. The van der Waals surface area contributed by atoms with Crippen LogP contribution in [0.2, 0.25) is 5.02 Å². The van der Waals surface area contributed by atoms with Gasteiger partial charge < -0.3 is 10.2 Å². The molecule has 1 aliphatic rings. The van der Waals surface area contributed by atoms with Crippen LogP contribution in [0.25, 0.3) is 0 Å². The lowest BCUT2D eigenvalue weighted by atomic mass is 9.94. The highest BCUT2D eigenvalue weighted by molar-refractivity contribution is 7.12. The highest BCUT2D eigenvalue weighted by atomic mass is 35.5. The van der Waals surface area contributed by atoms with Crippen molar-refractivity contribution < 1.29 is 9.59 Å². The standard InChI is InChI=1S/C19H22ClN3O2S/c1-12-17(26-11-21-12)18(24)22-13-8-9-15(16(20)10-13)19(25)23(2)14-6-4-3-5-7-14/h8-11,14H,3-7H2,1-2H3,(H,22,24). The van der Waals surface area contributed by atoms with E-state index in [1.165, 1.54) is 17.8 Å². The molecule has 0 bridgehead atoms. The summed E-state index contributed by atoms with van der Waals surface area (Å²) in [5.41, 5.74) is 3.36. The van der Waals surface area contributed by atoms with Gasteiger partial charge in [-0.15, -0.1) is 11.3 Å². The Kier molecular flexibility index (Phi) is 5.94. The van der Waals surface area contributed by atoms with Crippen LogP contribution in [0.4, 0.5) is 5.69 Å². The first kappa shape index (κ1) is 18.9. The van der Waals surface area contributed by atoms with E-state index < -0.39 is 0 Å². The minimum atomic E-state index is -0.223. The molecule has 1 aliphatic carbocycles. The van der Waals surface area contributed by atoms with E-state index in [4.69, 9.17) is 11.6 Å². The number of carbonyl (C=O) groups excluding carboxylic acids is 2. The summed E-state index contributed by atoms with van der Waals surface area (Å²) < 4.78 is 0. The Morgan fingerprint density at radius 2 is 2.00 bits per heavy atom. The molecule has 0 radical (unpaired) electrons. The fraction of sp³-hybridized carbons (Fsp3) is 0.421. The van der Waals surface area contributed by atoms with Crippen molar-refractivity contribution in [2.75, 3.05) is 12.4 Å². The molecule has 0 saturated heterocycles. The Balaban J connectivity index is 1.71. The zero-order valence-corrected chi connectivity index (χ0v) is 16.5. The second-order valence-corrected chi connectivity index (χ2v) is 7.89. The molecular weight excluding hydrogens is 370 g/mol. The van der Waals surface area contributed by atoms with Gasteiger partial charge in [-0.2, -0.15) is 0 Å². The number of amides is 2. The lowest BCUT2D eigenvalue weighted by molar-refractivity contribution is 0.0696. The van der Waals surface area contributed by atoms with Gasteiger partial charge >= 0.3 is 0 Å². The van der Waals surface area contributed by atoms with E-state index in [2.05, 4.69) is 10.3 Å². The maximum atomic E-state index is 12.8. The number of benzene rings is 1. The van der Waals surface area contributed by atoms with Crippen LogP contribution in [0.3, 0.4) is 0 Å². The number of hydrogen-bond acceptors (Lipinski definition) is 4. The average Bonchev–Trinajstić information content (AvgIpc) is 3.07. The summed E-state index contributed by atoms with van der Waals surface area (Å²) in [7, 11) is 1.84. The number of halogens is 1. The molecule has 2 aromatic rings. The fourth-order valence-corrected chi connectivity index (χ4v) is 4.26. The summed E-state index contributed by atoms with van der Waals surface area (Å²) in [5.74, 6) is -0.294. The Bertz CT molecular complexity index is 815. The van der Waals surface area contributed by atoms with E-state index in [1.54, 1.807) is 35.5 Å². The van der Waals surface area contributed by atoms with Crippen molar-refractivity contribution in [3.05, 3.63) is 44.9 Å². The van der Waals surface area contributed by atoms with Crippen LogP contribution in [0.15, 0.2) is 23.7 Å². The van der Waals surface area contributed by atoms with Gasteiger partial charge in [0.15, 0.2) is 0 Å². The Morgan fingerprint density at radius 1 is 1.27 bits per heavy atom. The van der Waals surface area contributed by atoms with Crippen molar-refractivity contribution in [3.8, 4) is 0 Å². The van der Waals surface area contributed by atoms with Crippen LogP contribution in [-0.4, -0.2) is 34.8 Å². The number of anilines is 1. The van der Waals surface area contributed by atoms with E-state index in [-0.39, 0.29) is 17.9 Å². The number of carbonyl (C=O) groups is 2. The van der Waals surface area contributed by atoms with E-state index in [1.807, 2.05) is 7.05 Å². The molecule has 0 unspecified atom stereocenters. The van der Waals surface area contributed by atoms with E-state index in [9.17, 15) is 9.59 Å². The van der Waals surface area contributed by atoms with Gasteiger partial charge in [0.2, 0.25) is 0 Å². The van der Waals surface area contributed by atoms with Gasteiger partial charge in [0.25, 0.3) is 11.8 Å². The summed E-state index contributed by atoms with van der Waals surface area (Å²) >= 11 is 7.63. The average molecular weight is 392 g/mol. The molecule has 7 heteroatoms. The summed E-state index contributed by atoms with van der Waals surface area (Å²) in [5, 5.41) is 3.15. The number of nitrogens with zero attached hydrogens (tertiary/aromatic N) is 2. The van der Waals surface area contributed by atoms with Gasteiger partial charge in [-0.3, -0.25) is 9.59 Å². The summed E-state index contributed by atoms with van der Waals surface area (Å²) in [6.07, 6.45) is 5.66. The van der Waals surface area contributed by atoms with Crippen molar-refractivity contribution >= 4 is 40.4 Å². The van der Waals surface area contributed by atoms with Crippen LogP contribution in [0.1, 0.15) is 57.8 Å². The van der Waals surface area contributed by atoms with E-state index in [0.717, 1.165) is 25.7 Å². The van der Waals surface area contributed by atoms with E-state index in [0.29, 0.717) is 26.8 Å². The third-order valence-corrected chi connectivity index (χ3v) is 6.09. The van der Waals surface area contributed by atoms with Crippen LogP contribution in [0.5, 0.6) is 0 Å². The molecule has 138 valence electrons. The topological polar surface area (TPSA) is 62.3 Å². The number of aryl methyl sites for hydroxylation is 1. The summed E-state index contributed by atoms with van der Waals surface area (Å²) in [6.45, 7) is 1.79. The smallest absolute Gasteiger partial charge is 0.267 e. The molecule has 3 rings (SSSR count). The van der Waals surface area contributed by atoms with Crippen molar-refractivity contribution in [1.29, 1.82) is 0 Å². The molecule has 1 N–H and O–H groups in total. The molecule has 1 aromatic heterocycles. The maximum Gasteiger partial charge on any atom is 0.267 e. The number of aromatic nitrogens is 1. The van der Waals surface area contributed by atoms with Gasteiger partial charge in [0.05, 0.1) is 21.8 Å². The lowest BCUT2D eigenvalue weighted by Crippen LogP contribution is -2.38. The highest BCUT2D eigenvalue weighted by Gasteiger charge is 2.24. The third-order valence-electron chi connectivity index (χ3n) is 4.85. The number of nitrogens with one attached hydrogen (secondary N) is 1. The van der Waals surface area contributed by atoms with Gasteiger partial charge in [-0.25, -0.2) is 4.98 Å². The van der Waals surface area contributed by atoms with Gasteiger partial charge in [0.1, 0.15) is 4.88 Å². The summed E-state index contributed by atoms with van der Waals surface area (Å²) in [4.78, 5) is 31.5. The molecule has 1 fully saturated rings. The van der Waals surface area contributed by atoms with Crippen molar-refractivity contribution in [2.45, 2.75) is 45.1 Å². The first-order valence-electron chi connectivity index (χ1n) is 8.75. The quantitative estimate of drug-likeness (QED) is 0.817. The number of hydrogen-bond donors (Lipinski definition) is 1. The fourth-order valence-electron chi connectivity index (χ4n) is 3.30. The van der Waals surface area contributed by atoms with Crippen molar-refractivity contribution in [3.63, 3.8) is 0 Å². The largest absolute Gasteiger partial charge is 0.339 e. The molecule has 0 atom stereocenters. The second kappa shape index (κ2) is 8.18. The van der Waals surface area contributed by atoms with Crippen LogP contribution < -0.4 is 5.32 Å². The Morgan fingerprint density at radius 3 is 2.62 bits per heavy atom. The number of thiazole rings is 1. The van der Waals surface area contributed by atoms with Gasteiger partial charge in [-0.1, -0.05) is 30.9 Å². The Hall–Kier alpha value is -1.92. The maximum absolute atomic E-state index is 12.8. The molecule has 26 heavy (non-hydrogen) atoms. The van der Waals surface area contributed by atoms with Crippen LogP contribution in [-0.2, 0) is 0 Å². The van der Waals surface area contributed by atoms with Crippen LogP contribution >= 0.6 is 22.9 Å². The first-order chi connectivity index (χ1) is 12.5. The number of rotatable bonds is 4. The van der Waals surface area contributed by atoms with Crippen LogP contribution in [0, 0.1) is 6.92 Å². The molecular formula is C19H22ClN3O2S. The molecule has 0 spiro atoms. The zero-order valence-electron chi connectivity index (χ0n) is 14.9. The lowest BCUT2D eigenvalue weighted by Gasteiger charge is -2.31. The van der Waals surface area contributed by atoms with Crippen molar-refractivity contribution in [2.24, 2.45) is 0 Å². The van der Waals surface area contributed by atoms with E-state index >= 15 is 0 Å². The minimum absolute atomic E-state index is 0.0712. The van der Waals surface area contributed by atoms with Crippen molar-refractivity contribution in [1.82, 2.24) is 9.88 Å². The summed E-state index contributed by atoms with van der Waals surface area (Å²) in [6, 6.07) is 5.29. The predicted octanol–water partition coefficient (Wildman–Crippen LogP) is 4.76.